The highest BCUT2D eigenvalue weighted by molar-refractivity contribution is 6.33. The van der Waals surface area contributed by atoms with E-state index >= 15 is 0 Å². The van der Waals surface area contributed by atoms with E-state index in [1.807, 2.05) is 13.0 Å². The number of nitro groups is 1. The van der Waals surface area contributed by atoms with Crippen LogP contribution in [0.4, 0.5) is 5.69 Å². The van der Waals surface area contributed by atoms with Gasteiger partial charge in [0, 0.05) is 11.6 Å². The summed E-state index contributed by atoms with van der Waals surface area (Å²) >= 11 is 5.93. The van der Waals surface area contributed by atoms with Crippen molar-refractivity contribution in [3.05, 3.63) is 50.7 Å². The van der Waals surface area contributed by atoms with Gasteiger partial charge in [0.25, 0.3) is 5.69 Å². The average Bonchev–Trinajstić information content (AvgIpc) is 2.89. The van der Waals surface area contributed by atoms with Crippen LogP contribution in [-0.2, 0) is 0 Å². The van der Waals surface area contributed by atoms with Gasteiger partial charge in [0.1, 0.15) is 16.5 Å². The second-order valence-electron chi connectivity index (χ2n) is 4.59. The van der Waals surface area contributed by atoms with Gasteiger partial charge in [0.2, 0.25) is 0 Å². The Morgan fingerprint density at radius 1 is 1.45 bits per heavy atom. The number of benzene rings is 1. The van der Waals surface area contributed by atoms with Crippen molar-refractivity contribution in [1.29, 1.82) is 0 Å². The van der Waals surface area contributed by atoms with Gasteiger partial charge in [-0.1, -0.05) is 18.5 Å². The molecule has 2 N–H and O–H groups in total. The lowest BCUT2D eigenvalue weighted by Crippen LogP contribution is -2.06. The molecule has 1 unspecified atom stereocenters. The number of furan rings is 1. The van der Waals surface area contributed by atoms with Gasteiger partial charge in [0.15, 0.2) is 0 Å². The molecule has 0 bridgehead atoms. The summed E-state index contributed by atoms with van der Waals surface area (Å²) in [4.78, 5) is 10.3. The molecule has 0 fully saturated rings. The Morgan fingerprint density at radius 3 is 2.75 bits per heavy atom. The molecule has 5 nitrogen and oxygen atoms in total. The van der Waals surface area contributed by atoms with Crippen molar-refractivity contribution in [1.82, 2.24) is 0 Å². The zero-order valence-electron chi connectivity index (χ0n) is 11.2. The molecule has 0 amide bonds. The molecule has 0 saturated heterocycles. The van der Waals surface area contributed by atoms with Gasteiger partial charge < -0.3 is 10.2 Å². The number of rotatable bonds is 4. The number of nitrogens with zero attached hydrogens (tertiary/aromatic N) is 1. The van der Waals surface area contributed by atoms with E-state index < -0.39 is 4.92 Å². The number of nitro benzene ring substituents is 1. The van der Waals surface area contributed by atoms with Crippen LogP contribution in [0.15, 0.2) is 28.7 Å². The highest BCUT2D eigenvalue weighted by atomic mass is 35.5. The normalized spacial score (nSPS) is 12.4. The lowest BCUT2D eigenvalue weighted by atomic mass is 10.1. The van der Waals surface area contributed by atoms with E-state index in [2.05, 4.69) is 0 Å². The molecule has 106 valence electrons. The van der Waals surface area contributed by atoms with Crippen molar-refractivity contribution in [2.24, 2.45) is 5.73 Å². The van der Waals surface area contributed by atoms with Crippen molar-refractivity contribution < 1.29 is 9.34 Å². The number of halogens is 1. The summed E-state index contributed by atoms with van der Waals surface area (Å²) in [5, 5.41) is 10.9. The summed E-state index contributed by atoms with van der Waals surface area (Å²) in [6, 6.07) is 6.46. The predicted octanol–water partition coefficient (Wildman–Crippen LogP) is 4.23. The highest BCUT2D eigenvalue weighted by Crippen LogP contribution is 2.34. The summed E-state index contributed by atoms with van der Waals surface area (Å²) < 4.78 is 5.71. The molecule has 1 aromatic carbocycles. The van der Waals surface area contributed by atoms with E-state index in [0.29, 0.717) is 11.5 Å². The van der Waals surface area contributed by atoms with Crippen molar-refractivity contribution in [3.63, 3.8) is 0 Å². The van der Waals surface area contributed by atoms with Crippen molar-refractivity contribution in [3.8, 4) is 11.3 Å². The summed E-state index contributed by atoms with van der Waals surface area (Å²) in [6.45, 7) is 3.75. The first-order valence-electron chi connectivity index (χ1n) is 6.24. The van der Waals surface area contributed by atoms with Crippen LogP contribution in [0.2, 0.25) is 5.02 Å². The fourth-order valence-electron chi connectivity index (χ4n) is 1.97. The summed E-state index contributed by atoms with van der Waals surface area (Å²) in [5.41, 5.74) is 7.26. The van der Waals surface area contributed by atoms with Crippen LogP contribution in [0.3, 0.4) is 0 Å². The molecule has 1 heterocycles. The topological polar surface area (TPSA) is 82.3 Å². The lowest BCUT2D eigenvalue weighted by molar-refractivity contribution is -0.384. The number of aryl methyl sites for hydroxylation is 1. The van der Waals surface area contributed by atoms with E-state index in [0.717, 1.165) is 17.5 Å². The third-order valence-electron chi connectivity index (χ3n) is 3.19. The minimum Gasteiger partial charge on any atom is -0.459 e. The van der Waals surface area contributed by atoms with Gasteiger partial charge in [-0.15, -0.1) is 0 Å². The van der Waals surface area contributed by atoms with Crippen LogP contribution in [0.5, 0.6) is 0 Å². The largest absolute Gasteiger partial charge is 0.459 e. The Bertz CT molecular complexity index is 652. The van der Waals surface area contributed by atoms with Gasteiger partial charge >= 0.3 is 0 Å². The molecule has 2 aromatic rings. The minimum atomic E-state index is -0.500. The summed E-state index contributed by atoms with van der Waals surface area (Å²) in [5.74, 6) is 1.30. The Labute approximate surface area is 121 Å². The average molecular weight is 295 g/mol. The molecule has 1 atom stereocenters. The maximum absolute atomic E-state index is 10.8. The third-order valence-corrected chi connectivity index (χ3v) is 3.49. The van der Waals surface area contributed by atoms with Gasteiger partial charge in [-0.25, -0.2) is 0 Å². The van der Waals surface area contributed by atoms with E-state index in [-0.39, 0.29) is 16.8 Å². The van der Waals surface area contributed by atoms with Crippen LogP contribution in [0.25, 0.3) is 11.3 Å². The number of hydrogen-bond acceptors (Lipinski definition) is 4. The molecule has 1 aromatic heterocycles. The Balaban J connectivity index is 2.45. The third kappa shape index (κ3) is 2.69. The van der Waals surface area contributed by atoms with Gasteiger partial charge in [0.05, 0.1) is 11.0 Å². The maximum atomic E-state index is 10.8. The second-order valence-corrected chi connectivity index (χ2v) is 5.00. The van der Waals surface area contributed by atoms with Gasteiger partial charge in [-0.05, 0) is 37.1 Å². The lowest BCUT2D eigenvalue weighted by Gasteiger charge is -2.06. The van der Waals surface area contributed by atoms with Crippen LogP contribution in [0.1, 0.15) is 30.7 Å². The quantitative estimate of drug-likeness (QED) is 0.676. The van der Waals surface area contributed by atoms with Crippen molar-refractivity contribution >= 4 is 17.3 Å². The SMILES string of the molecule is CCC(N)c1ccc(-c2cc(Cl)c([N+](=O)[O-])cc2C)o1. The first kappa shape index (κ1) is 14.6. The van der Waals surface area contributed by atoms with Gasteiger partial charge in [-0.3, -0.25) is 10.1 Å². The fourth-order valence-corrected chi connectivity index (χ4v) is 2.20. The molecule has 0 aliphatic rings. The standard InChI is InChI=1S/C14H15ClN2O3/c1-3-11(16)14-5-4-13(20-14)9-7-10(15)12(17(18)19)6-8(9)2/h4-7,11H,3,16H2,1-2H3. The monoisotopic (exact) mass is 294 g/mol. The molecule has 0 spiro atoms. The molecule has 20 heavy (non-hydrogen) atoms. The smallest absolute Gasteiger partial charge is 0.288 e. The Hall–Kier alpha value is -1.85. The molecule has 0 aliphatic carbocycles. The molecule has 0 saturated carbocycles. The molecule has 2 rings (SSSR count). The van der Waals surface area contributed by atoms with E-state index in [9.17, 15) is 10.1 Å². The van der Waals surface area contributed by atoms with E-state index in [4.69, 9.17) is 21.8 Å². The van der Waals surface area contributed by atoms with Crippen LogP contribution < -0.4 is 5.73 Å². The van der Waals surface area contributed by atoms with Crippen LogP contribution in [-0.4, -0.2) is 4.92 Å². The highest BCUT2D eigenvalue weighted by Gasteiger charge is 2.18. The summed E-state index contributed by atoms with van der Waals surface area (Å²) in [7, 11) is 0. The number of nitrogens with two attached hydrogens (primary N) is 1. The van der Waals surface area contributed by atoms with Crippen molar-refractivity contribution in [2.75, 3.05) is 0 Å². The molecule has 0 aliphatic heterocycles. The predicted molar refractivity (Wildman–Crippen MR) is 77.8 cm³/mol. The van der Waals surface area contributed by atoms with Crippen molar-refractivity contribution in [2.45, 2.75) is 26.3 Å². The molecular formula is C14H15ClN2O3. The fraction of sp³-hybridized carbons (Fsp3) is 0.286. The van der Waals surface area contributed by atoms with E-state index in [1.165, 1.54) is 6.07 Å². The zero-order valence-corrected chi connectivity index (χ0v) is 12.0. The Morgan fingerprint density at radius 2 is 2.15 bits per heavy atom. The molecular weight excluding hydrogens is 280 g/mol. The first-order chi connectivity index (χ1) is 9.43. The minimum absolute atomic E-state index is 0.0911. The molecule has 0 radical (unpaired) electrons. The first-order valence-corrected chi connectivity index (χ1v) is 6.62. The second kappa shape index (κ2) is 5.64. The number of hydrogen-bond donors (Lipinski definition) is 1. The summed E-state index contributed by atoms with van der Waals surface area (Å²) in [6.07, 6.45) is 0.771. The van der Waals surface area contributed by atoms with Crippen LogP contribution in [0, 0.1) is 17.0 Å². The maximum Gasteiger partial charge on any atom is 0.288 e. The van der Waals surface area contributed by atoms with Gasteiger partial charge in [-0.2, -0.15) is 0 Å². The Kier molecular flexibility index (Phi) is 4.11. The van der Waals surface area contributed by atoms with E-state index in [1.54, 1.807) is 19.1 Å². The van der Waals surface area contributed by atoms with Crippen LogP contribution >= 0.6 is 11.6 Å². The molecule has 6 heteroatoms. The zero-order chi connectivity index (χ0) is 14.9.